The molecule has 0 atom stereocenters. The van der Waals surface area contributed by atoms with Crippen LogP contribution >= 0.6 is 0 Å². The lowest BCUT2D eigenvalue weighted by Gasteiger charge is -2.10. The molecule has 0 spiro atoms. The zero-order valence-corrected chi connectivity index (χ0v) is 17.4. The van der Waals surface area contributed by atoms with Crippen molar-refractivity contribution in [2.24, 2.45) is 0 Å². The first-order valence-electron chi connectivity index (χ1n) is 10.1. The van der Waals surface area contributed by atoms with Crippen LogP contribution < -0.4 is 10.9 Å². The van der Waals surface area contributed by atoms with E-state index in [4.69, 9.17) is 4.52 Å². The number of hydrogen-bond acceptors (Lipinski definition) is 7. The number of para-hydroxylation sites is 2. The second kappa shape index (κ2) is 8.90. The molecule has 1 amide bonds. The second-order valence-corrected chi connectivity index (χ2v) is 7.20. The molecule has 0 unspecified atom stereocenters. The molecule has 4 aromatic rings. The van der Waals surface area contributed by atoms with Crippen molar-refractivity contribution in [3.63, 3.8) is 0 Å². The molecule has 0 bridgehead atoms. The van der Waals surface area contributed by atoms with Gasteiger partial charge in [-0.15, -0.1) is 0 Å². The number of imidazole rings is 1. The summed E-state index contributed by atoms with van der Waals surface area (Å²) in [6.07, 6.45) is 4.18. The molecule has 10 nitrogen and oxygen atoms in total. The fourth-order valence-electron chi connectivity index (χ4n) is 3.36. The topological polar surface area (TPSA) is 121 Å². The van der Waals surface area contributed by atoms with Gasteiger partial charge in [0.2, 0.25) is 5.91 Å². The van der Waals surface area contributed by atoms with Crippen molar-refractivity contribution in [1.82, 2.24) is 34.6 Å². The van der Waals surface area contributed by atoms with Crippen LogP contribution in [0.4, 0.5) is 0 Å². The van der Waals surface area contributed by atoms with Crippen LogP contribution in [-0.2, 0) is 17.9 Å². The molecule has 3 aromatic heterocycles. The number of rotatable bonds is 8. The van der Waals surface area contributed by atoms with E-state index in [1.165, 1.54) is 10.8 Å². The van der Waals surface area contributed by atoms with Crippen LogP contribution in [0, 0.1) is 13.8 Å². The van der Waals surface area contributed by atoms with Crippen molar-refractivity contribution in [1.29, 1.82) is 0 Å². The predicted octanol–water partition coefficient (Wildman–Crippen LogP) is 1.86. The Kier molecular flexibility index (Phi) is 5.87. The smallest absolute Gasteiger partial charge is 0.266 e. The summed E-state index contributed by atoms with van der Waals surface area (Å²) in [5.74, 6) is 0.954. The van der Waals surface area contributed by atoms with Crippen LogP contribution in [0.2, 0.25) is 0 Å². The highest BCUT2D eigenvalue weighted by Crippen LogP contribution is 2.13. The maximum absolute atomic E-state index is 12.8. The molecule has 4 rings (SSSR count). The largest absolute Gasteiger partial charge is 0.356 e. The molecule has 1 N–H and O–H groups in total. The third-order valence-corrected chi connectivity index (χ3v) is 4.99. The number of amides is 1. The molecular formula is C21H23N7O3. The molecule has 1 aromatic carbocycles. The number of benzene rings is 1. The summed E-state index contributed by atoms with van der Waals surface area (Å²) in [7, 11) is 0. The van der Waals surface area contributed by atoms with Crippen molar-refractivity contribution in [3.05, 3.63) is 58.8 Å². The van der Waals surface area contributed by atoms with Crippen LogP contribution in [-0.4, -0.2) is 41.7 Å². The number of carbonyl (C=O) groups excluding carboxylic acids is 1. The Morgan fingerprint density at radius 3 is 2.81 bits per heavy atom. The molecule has 0 saturated heterocycles. The van der Waals surface area contributed by atoms with Crippen LogP contribution in [0.25, 0.3) is 22.5 Å². The van der Waals surface area contributed by atoms with Crippen molar-refractivity contribution in [2.45, 2.75) is 39.8 Å². The Bertz CT molecular complexity index is 1270. The van der Waals surface area contributed by atoms with Crippen molar-refractivity contribution in [2.75, 3.05) is 6.54 Å². The zero-order chi connectivity index (χ0) is 21.8. The van der Waals surface area contributed by atoms with Gasteiger partial charge in [-0.05, 0) is 32.4 Å². The van der Waals surface area contributed by atoms with E-state index in [1.54, 1.807) is 13.8 Å². The summed E-state index contributed by atoms with van der Waals surface area (Å²) in [6.45, 7) is 4.91. The monoisotopic (exact) mass is 421 g/mol. The highest BCUT2D eigenvalue weighted by molar-refractivity contribution is 5.76. The number of fused-ring (bicyclic) bond motifs is 1. The maximum Gasteiger partial charge on any atom is 0.266 e. The van der Waals surface area contributed by atoms with Gasteiger partial charge in [-0.2, -0.15) is 4.98 Å². The van der Waals surface area contributed by atoms with E-state index in [9.17, 15) is 9.59 Å². The van der Waals surface area contributed by atoms with E-state index in [0.717, 1.165) is 24.0 Å². The average molecular weight is 421 g/mol. The van der Waals surface area contributed by atoms with Crippen molar-refractivity contribution < 1.29 is 9.32 Å². The van der Waals surface area contributed by atoms with Gasteiger partial charge in [0.25, 0.3) is 11.4 Å². The number of aryl methyl sites for hydroxylation is 3. The maximum atomic E-state index is 12.8. The Hall–Kier alpha value is -3.82. The Balaban J connectivity index is 1.30. The summed E-state index contributed by atoms with van der Waals surface area (Å²) < 4.78 is 8.60. The third kappa shape index (κ3) is 4.52. The summed E-state index contributed by atoms with van der Waals surface area (Å²) >= 11 is 0. The average Bonchev–Trinajstić information content (AvgIpc) is 3.37. The van der Waals surface area contributed by atoms with E-state index >= 15 is 0 Å². The quantitative estimate of drug-likeness (QED) is 0.431. The van der Waals surface area contributed by atoms with Gasteiger partial charge in [-0.3, -0.25) is 14.2 Å². The summed E-state index contributed by atoms with van der Waals surface area (Å²) in [6, 6.07) is 7.94. The minimum atomic E-state index is -0.309. The van der Waals surface area contributed by atoms with Crippen LogP contribution in [0.5, 0.6) is 0 Å². The van der Waals surface area contributed by atoms with E-state index in [0.29, 0.717) is 18.2 Å². The minimum Gasteiger partial charge on any atom is -0.356 e. The summed E-state index contributed by atoms with van der Waals surface area (Å²) in [5.41, 5.74) is 1.95. The second-order valence-electron chi connectivity index (χ2n) is 7.20. The van der Waals surface area contributed by atoms with Gasteiger partial charge < -0.3 is 14.4 Å². The van der Waals surface area contributed by atoms with Gasteiger partial charge in [-0.1, -0.05) is 17.3 Å². The Labute approximate surface area is 177 Å². The SMILES string of the molecule is Cc1noc(-c2cnc(C)n(CCC(=O)NCCCn3cnc4ccccc43)c2=O)n1. The van der Waals surface area contributed by atoms with E-state index in [-0.39, 0.29) is 35.9 Å². The number of aromatic nitrogens is 6. The fraction of sp³-hybridized carbons (Fsp3) is 0.333. The molecule has 0 aliphatic heterocycles. The van der Waals surface area contributed by atoms with E-state index < -0.39 is 0 Å². The van der Waals surface area contributed by atoms with Crippen molar-refractivity contribution >= 4 is 16.9 Å². The van der Waals surface area contributed by atoms with Crippen LogP contribution in [0.3, 0.4) is 0 Å². The van der Waals surface area contributed by atoms with Gasteiger partial charge in [0.1, 0.15) is 11.4 Å². The molecule has 0 saturated carbocycles. The van der Waals surface area contributed by atoms with Gasteiger partial charge in [-0.25, -0.2) is 9.97 Å². The number of nitrogens with zero attached hydrogens (tertiary/aromatic N) is 6. The van der Waals surface area contributed by atoms with Gasteiger partial charge in [0, 0.05) is 32.3 Å². The predicted molar refractivity (Wildman–Crippen MR) is 113 cm³/mol. The Morgan fingerprint density at radius 2 is 2.00 bits per heavy atom. The molecule has 0 aliphatic rings. The standard InChI is InChI=1S/C21H23N7O3/c1-14-25-20(31-26-14)16-12-23-15(2)28(21(16)30)11-8-19(29)22-9-5-10-27-13-24-17-6-3-4-7-18(17)27/h3-4,6-7,12-13H,5,8-11H2,1-2H3,(H,22,29). The van der Waals surface area contributed by atoms with Gasteiger partial charge >= 0.3 is 0 Å². The number of carbonyl (C=O) groups is 1. The first-order valence-corrected chi connectivity index (χ1v) is 10.1. The molecule has 160 valence electrons. The van der Waals surface area contributed by atoms with Crippen LogP contribution in [0.15, 0.2) is 46.1 Å². The molecule has 0 aliphatic carbocycles. The summed E-state index contributed by atoms with van der Waals surface area (Å²) in [4.78, 5) is 37.7. The van der Waals surface area contributed by atoms with Gasteiger partial charge in [0.15, 0.2) is 5.82 Å². The minimum absolute atomic E-state index is 0.124. The zero-order valence-electron chi connectivity index (χ0n) is 17.4. The lowest BCUT2D eigenvalue weighted by Crippen LogP contribution is -2.30. The third-order valence-electron chi connectivity index (χ3n) is 4.99. The number of nitrogens with one attached hydrogen (secondary N) is 1. The lowest BCUT2D eigenvalue weighted by atomic mass is 10.3. The number of hydrogen-bond donors (Lipinski definition) is 1. The highest BCUT2D eigenvalue weighted by atomic mass is 16.5. The normalized spacial score (nSPS) is 11.2. The lowest BCUT2D eigenvalue weighted by molar-refractivity contribution is -0.121. The first kappa shape index (κ1) is 20.5. The summed E-state index contributed by atoms with van der Waals surface area (Å²) in [5, 5.41) is 6.61. The van der Waals surface area contributed by atoms with Gasteiger partial charge in [0.05, 0.1) is 17.4 Å². The van der Waals surface area contributed by atoms with E-state index in [1.807, 2.05) is 30.6 Å². The van der Waals surface area contributed by atoms with E-state index in [2.05, 4.69) is 30.0 Å². The Morgan fingerprint density at radius 1 is 1.16 bits per heavy atom. The van der Waals surface area contributed by atoms with Crippen LogP contribution in [0.1, 0.15) is 24.5 Å². The highest BCUT2D eigenvalue weighted by Gasteiger charge is 2.15. The molecule has 10 heteroatoms. The molecule has 3 heterocycles. The molecular weight excluding hydrogens is 398 g/mol. The molecule has 0 fully saturated rings. The molecule has 0 radical (unpaired) electrons. The molecule has 31 heavy (non-hydrogen) atoms. The fourth-order valence-corrected chi connectivity index (χ4v) is 3.36. The first-order chi connectivity index (χ1) is 15.0. The van der Waals surface area contributed by atoms with Crippen molar-refractivity contribution in [3.8, 4) is 11.5 Å².